The highest BCUT2D eigenvalue weighted by Crippen LogP contribution is 2.30. The smallest absolute Gasteiger partial charge is 0.339 e. The van der Waals surface area contributed by atoms with Crippen molar-refractivity contribution in [2.75, 3.05) is 27.2 Å². The highest BCUT2D eigenvalue weighted by Gasteiger charge is 2.30. The minimum atomic E-state index is -4.45. The van der Waals surface area contributed by atoms with Gasteiger partial charge in [-0.05, 0) is 62.5 Å². The van der Waals surface area contributed by atoms with E-state index in [0.29, 0.717) is 35.6 Å². The molecule has 0 saturated carbocycles. The van der Waals surface area contributed by atoms with Gasteiger partial charge in [-0.25, -0.2) is 4.39 Å². The van der Waals surface area contributed by atoms with E-state index in [9.17, 15) is 22.4 Å². The molecule has 0 radical (unpaired) electrons. The van der Waals surface area contributed by atoms with Gasteiger partial charge in [0, 0.05) is 38.0 Å². The number of carbonyl (C=O) groups excluding carboxylic acids is 1. The van der Waals surface area contributed by atoms with E-state index in [0.717, 1.165) is 12.1 Å². The zero-order valence-electron chi connectivity index (χ0n) is 19.2. The van der Waals surface area contributed by atoms with Gasteiger partial charge in [-0.3, -0.25) is 4.79 Å². The molecule has 0 N–H and O–H groups in total. The fourth-order valence-electron chi connectivity index (χ4n) is 3.31. The highest BCUT2D eigenvalue weighted by atomic mass is 19.4. The summed E-state index contributed by atoms with van der Waals surface area (Å²) in [6, 6.07) is 9.44. The minimum absolute atomic E-state index is 0.0521. The van der Waals surface area contributed by atoms with Crippen molar-refractivity contribution < 1.29 is 26.9 Å². The number of amides is 1. The first kappa shape index (κ1) is 25.4. The summed E-state index contributed by atoms with van der Waals surface area (Å²) in [5.41, 5.74) is 0.690. The molecule has 0 aliphatic rings. The van der Waals surface area contributed by atoms with E-state index in [1.165, 1.54) is 17.0 Å². The second kappa shape index (κ2) is 10.8. The van der Waals surface area contributed by atoms with Crippen LogP contribution in [0.5, 0.6) is 0 Å². The normalized spacial score (nSPS) is 11.8. The molecule has 0 bridgehead atoms. The lowest BCUT2D eigenvalue weighted by atomic mass is 10.1. The summed E-state index contributed by atoms with van der Waals surface area (Å²) in [7, 11) is 3.70. The second-order valence-corrected chi connectivity index (χ2v) is 8.29. The maximum absolute atomic E-state index is 13.5. The molecule has 34 heavy (non-hydrogen) atoms. The van der Waals surface area contributed by atoms with E-state index >= 15 is 0 Å². The first-order valence-electron chi connectivity index (χ1n) is 10.7. The molecule has 0 unspecified atom stereocenters. The molecule has 0 atom stereocenters. The maximum atomic E-state index is 13.5. The molecular weight excluding hydrogens is 452 g/mol. The van der Waals surface area contributed by atoms with Crippen molar-refractivity contribution in [2.24, 2.45) is 0 Å². The molecule has 1 heterocycles. The van der Waals surface area contributed by atoms with Crippen molar-refractivity contribution in [1.82, 2.24) is 19.9 Å². The summed E-state index contributed by atoms with van der Waals surface area (Å²) in [5.74, 6) is -0.0378. The SMILES string of the molecule is Cc1cc(-c2noc(CCC(=O)N(CCN(C)C)Cc3cccc(C(F)(F)F)c3)n2)ccc1F. The molecule has 1 aromatic heterocycles. The van der Waals surface area contributed by atoms with Crippen LogP contribution in [0.4, 0.5) is 17.6 Å². The summed E-state index contributed by atoms with van der Waals surface area (Å²) in [6.45, 7) is 2.59. The largest absolute Gasteiger partial charge is 0.416 e. The summed E-state index contributed by atoms with van der Waals surface area (Å²) in [4.78, 5) is 20.6. The van der Waals surface area contributed by atoms with E-state index in [4.69, 9.17) is 4.52 Å². The maximum Gasteiger partial charge on any atom is 0.416 e. The van der Waals surface area contributed by atoms with Crippen molar-refractivity contribution in [2.45, 2.75) is 32.5 Å². The van der Waals surface area contributed by atoms with Gasteiger partial charge in [0.2, 0.25) is 17.6 Å². The number of hydrogen-bond acceptors (Lipinski definition) is 5. The Morgan fingerprint density at radius 2 is 1.85 bits per heavy atom. The topological polar surface area (TPSA) is 62.5 Å². The van der Waals surface area contributed by atoms with Crippen LogP contribution in [0.15, 0.2) is 47.0 Å². The Bertz CT molecular complexity index is 1130. The number of hydrogen-bond donors (Lipinski definition) is 0. The molecule has 10 heteroatoms. The van der Waals surface area contributed by atoms with Gasteiger partial charge in [-0.2, -0.15) is 18.2 Å². The van der Waals surface area contributed by atoms with Crippen LogP contribution in [0.3, 0.4) is 0 Å². The van der Waals surface area contributed by atoms with Crippen LogP contribution < -0.4 is 0 Å². The van der Waals surface area contributed by atoms with E-state index in [1.807, 2.05) is 19.0 Å². The third kappa shape index (κ3) is 6.86. The molecular formula is C24H26F4N4O2. The lowest BCUT2D eigenvalue weighted by Gasteiger charge is -2.25. The summed E-state index contributed by atoms with van der Waals surface area (Å²) < 4.78 is 57.9. The summed E-state index contributed by atoms with van der Waals surface area (Å²) in [6.07, 6.45) is -4.23. The average Bonchev–Trinajstić information content (AvgIpc) is 3.25. The molecule has 0 saturated heterocycles. The Kier molecular flexibility index (Phi) is 8.03. The number of alkyl halides is 3. The van der Waals surface area contributed by atoms with Gasteiger partial charge in [-0.1, -0.05) is 17.3 Å². The third-order valence-electron chi connectivity index (χ3n) is 5.23. The van der Waals surface area contributed by atoms with Gasteiger partial charge in [0.1, 0.15) is 5.82 Å². The van der Waals surface area contributed by atoms with Crippen LogP contribution in [0.1, 0.15) is 29.0 Å². The van der Waals surface area contributed by atoms with Crippen LogP contribution in [0.25, 0.3) is 11.4 Å². The number of halogens is 4. The number of aryl methyl sites for hydroxylation is 2. The molecule has 0 aliphatic carbocycles. The highest BCUT2D eigenvalue weighted by molar-refractivity contribution is 5.76. The molecule has 6 nitrogen and oxygen atoms in total. The number of rotatable bonds is 9. The van der Waals surface area contributed by atoms with E-state index < -0.39 is 11.7 Å². The number of aromatic nitrogens is 2. The van der Waals surface area contributed by atoms with Crippen LogP contribution in [-0.2, 0) is 23.9 Å². The molecule has 2 aromatic carbocycles. The first-order chi connectivity index (χ1) is 16.0. The minimum Gasteiger partial charge on any atom is -0.339 e. The second-order valence-electron chi connectivity index (χ2n) is 8.29. The van der Waals surface area contributed by atoms with Crippen molar-refractivity contribution >= 4 is 5.91 Å². The first-order valence-corrected chi connectivity index (χ1v) is 10.7. The van der Waals surface area contributed by atoms with E-state index in [1.54, 1.807) is 25.1 Å². The monoisotopic (exact) mass is 478 g/mol. The Hall–Kier alpha value is -3.27. The van der Waals surface area contributed by atoms with Gasteiger partial charge < -0.3 is 14.3 Å². The molecule has 0 aliphatic heterocycles. The molecule has 182 valence electrons. The van der Waals surface area contributed by atoms with Crippen molar-refractivity contribution in [3.63, 3.8) is 0 Å². The van der Waals surface area contributed by atoms with Crippen molar-refractivity contribution in [3.8, 4) is 11.4 Å². The van der Waals surface area contributed by atoms with Gasteiger partial charge >= 0.3 is 6.18 Å². The van der Waals surface area contributed by atoms with E-state index in [-0.39, 0.29) is 37.0 Å². The molecule has 3 aromatic rings. The van der Waals surface area contributed by atoms with E-state index in [2.05, 4.69) is 10.1 Å². The zero-order valence-corrected chi connectivity index (χ0v) is 19.2. The van der Waals surface area contributed by atoms with Gasteiger partial charge in [0.25, 0.3) is 0 Å². The Labute approximate surface area is 195 Å². The number of likely N-dealkylation sites (N-methyl/N-ethyl adjacent to an activating group) is 1. The van der Waals surface area contributed by atoms with Crippen LogP contribution in [0, 0.1) is 12.7 Å². The number of carbonyl (C=O) groups is 1. The Balaban J connectivity index is 1.68. The lowest BCUT2D eigenvalue weighted by molar-refractivity contribution is -0.137. The molecule has 1 amide bonds. The van der Waals surface area contributed by atoms with Gasteiger partial charge in [-0.15, -0.1) is 0 Å². The van der Waals surface area contributed by atoms with Crippen LogP contribution in [0.2, 0.25) is 0 Å². The van der Waals surface area contributed by atoms with Crippen LogP contribution in [-0.4, -0.2) is 53.0 Å². The van der Waals surface area contributed by atoms with Gasteiger partial charge in [0.05, 0.1) is 5.56 Å². The molecule has 3 rings (SSSR count). The number of benzene rings is 2. The molecule has 0 spiro atoms. The summed E-state index contributed by atoms with van der Waals surface area (Å²) in [5, 5.41) is 3.89. The number of nitrogens with zero attached hydrogens (tertiary/aromatic N) is 4. The fourth-order valence-corrected chi connectivity index (χ4v) is 3.31. The predicted molar refractivity (Wildman–Crippen MR) is 118 cm³/mol. The standard InChI is InChI=1S/C24H26F4N4O2/c1-16-13-18(7-8-20(16)25)23-29-21(34-30-23)9-10-22(33)32(12-11-31(2)3)15-17-5-4-6-19(14-17)24(26,27)28/h4-8,13-14H,9-12,15H2,1-3H3. The predicted octanol–water partition coefficient (Wildman–Crippen LogP) is 4.73. The zero-order chi connectivity index (χ0) is 24.9. The van der Waals surface area contributed by atoms with Crippen LogP contribution >= 0.6 is 0 Å². The van der Waals surface area contributed by atoms with Gasteiger partial charge in [0.15, 0.2) is 0 Å². The lowest BCUT2D eigenvalue weighted by Crippen LogP contribution is -2.36. The third-order valence-corrected chi connectivity index (χ3v) is 5.23. The molecule has 0 fully saturated rings. The average molecular weight is 478 g/mol. The van der Waals surface area contributed by atoms with Crippen molar-refractivity contribution in [3.05, 3.63) is 70.9 Å². The Morgan fingerprint density at radius 3 is 2.53 bits per heavy atom. The quantitative estimate of drug-likeness (QED) is 0.417. The fraction of sp³-hybridized carbons (Fsp3) is 0.375. The Morgan fingerprint density at radius 1 is 1.09 bits per heavy atom. The summed E-state index contributed by atoms with van der Waals surface area (Å²) >= 11 is 0. The van der Waals surface area contributed by atoms with Crippen molar-refractivity contribution in [1.29, 1.82) is 0 Å².